The second-order valence-corrected chi connectivity index (χ2v) is 7.25. The lowest BCUT2D eigenvalue weighted by atomic mass is 10.0. The molecule has 0 spiro atoms. The lowest BCUT2D eigenvalue weighted by Crippen LogP contribution is -2.52. The molecule has 10 heteroatoms. The summed E-state index contributed by atoms with van der Waals surface area (Å²) in [6.45, 7) is 0.199. The van der Waals surface area contributed by atoms with Crippen LogP contribution in [-0.2, 0) is 25.7 Å². The van der Waals surface area contributed by atoms with Crippen molar-refractivity contribution in [2.24, 2.45) is 0 Å². The first-order chi connectivity index (χ1) is 14.3. The van der Waals surface area contributed by atoms with Crippen LogP contribution in [0.4, 0.5) is 0 Å². The maximum atomic E-state index is 12.8. The average Bonchev–Trinajstić information content (AvgIpc) is 3.01. The van der Waals surface area contributed by atoms with Crippen molar-refractivity contribution in [2.75, 3.05) is 0 Å². The van der Waals surface area contributed by atoms with Gasteiger partial charge in [0.2, 0.25) is 17.7 Å². The monoisotopic (exact) mass is 415 g/mol. The Kier molecular flexibility index (Phi) is 6.24. The van der Waals surface area contributed by atoms with E-state index in [4.69, 9.17) is 5.11 Å². The molecule has 30 heavy (non-hydrogen) atoms. The number of carboxylic acids is 1. The number of carbonyl (C=O) groups excluding carboxylic acids is 5. The molecule has 10 nitrogen and oxygen atoms in total. The Balaban J connectivity index is 1.61. The van der Waals surface area contributed by atoms with Crippen molar-refractivity contribution in [1.82, 2.24) is 15.5 Å². The molecule has 0 aromatic heterocycles. The molecule has 1 saturated heterocycles. The van der Waals surface area contributed by atoms with Crippen LogP contribution in [0, 0.1) is 0 Å². The molecule has 3 N–H and O–H groups in total. The number of nitrogens with zero attached hydrogens (tertiary/aromatic N) is 1. The van der Waals surface area contributed by atoms with Gasteiger partial charge in [-0.25, -0.2) is 0 Å². The molecule has 2 aliphatic heterocycles. The summed E-state index contributed by atoms with van der Waals surface area (Å²) in [4.78, 5) is 72.2. The topological polar surface area (TPSA) is 150 Å². The number of rotatable bonds is 7. The van der Waals surface area contributed by atoms with Crippen molar-refractivity contribution < 1.29 is 33.9 Å². The molecular formula is C20H21N3O7. The SMILES string of the molecule is O=C(O)CCCCC(=O)NC(=O)c1ccc2c(c1)C(=O)N(C1CCC(=O)NC1=O)C2. The Labute approximate surface area is 171 Å². The van der Waals surface area contributed by atoms with E-state index in [9.17, 15) is 28.8 Å². The standard InChI is InChI=1S/C20H21N3O7/c24-15(3-1-2-4-17(26)27)21-18(28)11-5-6-12-10-23(20(30)13(12)9-11)14-7-8-16(25)22-19(14)29/h5-6,9,14H,1-4,7-8,10H2,(H,26,27)(H,21,24,28)(H,22,25,29). The Hall–Kier alpha value is -3.56. The second kappa shape index (κ2) is 8.85. The quantitative estimate of drug-likeness (QED) is 0.429. The number of hydrogen-bond donors (Lipinski definition) is 3. The number of imide groups is 2. The molecule has 158 valence electrons. The number of benzene rings is 1. The van der Waals surface area contributed by atoms with E-state index in [2.05, 4.69) is 10.6 Å². The lowest BCUT2D eigenvalue weighted by Gasteiger charge is -2.29. The Morgan fingerprint density at radius 1 is 1.13 bits per heavy atom. The number of piperidine rings is 1. The first-order valence-electron chi connectivity index (χ1n) is 9.60. The van der Waals surface area contributed by atoms with E-state index >= 15 is 0 Å². The molecule has 0 saturated carbocycles. The highest BCUT2D eigenvalue weighted by molar-refractivity contribution is 6.08. The molecular weight excluding hydrogens is 394 g/mol. The van der Waals surface area contributed by atoms with E-state index in [0.29, 0.717) is 18.4 Å². The number of nitrogens with one attached hydrogen (secondary N) is 2. The van der Waals surface area contributed by atoms with Gasteiger partial charge in [0, 0.05) is 36.9 Å². The molecule has 1 aromatic rings. The molecule has 1 unspecified atom stereocenters. The van der Waals surface area contributed by atoms with Gasteiger partial charge in [-0.1, -0.05) is 6.07 Å². The van der Waals surface area contributed by atoms with Gasteiger partial charge in [0.1, 0.15) is 6.04 Å². The fourth-order valence-electron chi connectivity index (χ4n) is 3.52. The summed E-state index contributed by atoms with van der Waals surface area (Å²) >= 11 is 0. The normalized spacial score (nSPS) is 18.1. The highest BCUT2D eigenvalue weighted by atomic mass is 16.4. The van der Waals surface area contributed by atoms with Crippen molar-refractivity contribution in [2.45, 2.75) is 51.1 Å². The third-order valence-corrected chi connectivity index (χ3v) is 5.09. The van der Waals surface area contributed by atoms with E-state index in [1.54, 1.807) is 6.07 Å². The van der Waals surface area contributed by atoms with E-state index in [0.717, 1.165) is 0 Å². The molecule has 0 radical (unpaired) electrons. The lowest BCUT2D eigenvalue weighted by molar-refractivity contribution is -0.138. The number of amides is 5. The molecule has 3 rings (SSSR count). The Morgan fingerprint density at radius 2 is 1.87 bits per heavy atom. The summed E-state index contributed by atoms with van der Waals surface area (Å²) in [7, 11) is 0. The second-order valence-electron chi connectivity index (χ2n) is 7.25. The van der Waals surface area contributed by atoms with Gasteiger partial charge < -0.3 is 10.0 Å². The zero-order valence-electron chi connectivity index (χ0n) is 16.1. The summed E-state index contributed by atoms with van der Waals surface area (Å²) in [5, 5.41) is 13.0. The number of aliphatic carboxylic acids is 1. The van der Waals surface area contributed by atoms with Gasteiger partial charge >= 0.3 is 5.97 Å². The van der Waals surface area contributed by atoms with Crippen LogP contribution in [0.15, 0.2) is 18.2 Å². The van der Waals surface area contributed by atoms with E-state index in [1.807, 2.05) is 0 Å². The summed E-state index contributed by atoms with van der Waals surface area (Å²) < 4.78 is 0. The van der Waals surface area contributed by atoms with Crippen LogP contribution in [0.2, 0.25) is 0 Å². The fourth-order valence-corrected chi connectivity index (χ4v) is 3.52. The Morgan fingerprint density at radius 3 is 2.57 bits per heavy atom. The maximum Gasteiger partial charge on any atom is 0.303 e. The molecule has 0 aliphatic carbocycles. The minimum absolute atomic E-state index is 0.0200. The predicted molar refractivity (Wildman–Crippen MR) is 101 cm³/mol. The van der Waals surface area contributed by atoms with Crippen LogP contribution in [0.1, 0.15) is 64.8 Å². The van der Waals surface area contributed by atoms with E-state index in [1.165, 1.54) is 17.0 Å². The fraction of sp³-hybridized carbons (Fsp3) is 0.400. The molecule has 5 amide bonds. The Bertz CT molecular complexity index is 940. The molecule has 1 atom stereocenters. The van der Waals surface area contributed by atoms with E-state index < -0.39 is 35.6 Å². The smallest absolute Gasteiger partial charge is 0.303 e. The van der Waals surface area contributed by atoms with Gasteiger partial charge in [-0.3, -0.25) is 39.4 Å². The van der Waals surface area contributed by atoms with Crippen molar-refractivity contribution in [3.05, 3.63) is 34.9 Å². The van der Waals surface area contributed by atoms with Gasteiger partial charge in [-0.15, -0.1) is 0 Å². The van der Waals surface area contributed by atoms with Crippen molar-refractivity contribution >= 4 is 35.5 Å². The zero-order chi connectivity index (χ0) is 21.8. The van der Waals surface area contributed by atoms with Crippen molar-refractivity contribution in [3.63, 3.8) is 0 Å². The van der Waals surface area contributed by atoms with Crippen LogP contribution in [0.3, 0.4) is 0 Å². The van der Waals surface area contributed by atoms with Crippen molar-refractivity contribution in [1.29, 1.82) is 0 Å². The summed E-state index contributed by atoms with van der Waals surface area (Å²) in [5.74, 6) is -3.42. The van der Waals surface area contributed by atoms with Gasteiger partial charge in [0.05, 0.1) is 0 Å². The number of unbranched alkanes of at least 4 members (excludes halogenated alkanes) is 1. The first kappa shape index (κ1) is 21.2. The molecule has 0 bridgehead atoms. The van der Waals surface area contributed by atoms with Gasteiger partial charge in [-0.05, 0) is 37.0 Å². The number of fused-ring (bicyclic) bond motifs is 1. The van der Waals surface area contributed by atoms with E-state index in [-0.39, 0.29) is 49.3 Å². The van der Waals surface area contributed by atoms with Crippen molar-refractivity contribution in [3.8, 4) is 0 Å². The first-order valence-corrected chi connectivity index (χ1v) is 9.60. The largest absolute Gasteiger partial charge is 0.481 e. The number of hydrogen-bond acceptors (Lipinski definition) is 6. The average molecular weight is 415 g/mol. The maximum absolute atomic E-state index is 12.8. The van der Waals surface area contributed by atoms with Gasteiger partial charge in [0.15, 0.2) is 0 Å². The highest BCUT2D eigenvalue weighted by Gasteiger charge is 2.39. The van der Waals surface area contributed by atoms with Crippen LogP contribution in [0.25, 0.3) is 0 Å². The predicted octanol–water partition coefficient (Wildman–Crippen LogP) is 0.349. The van der Waals surface area contributed by atoms with Gasteiger partial charge in [0.25, 0.3) is 11.8 Å². The summed E-state index contributed by atoms with van der Waals surface area (Å²) in [6.07, 6.45) is 1.05. The third kappa shape index (κ3) is 4.70. The van der Waals surface area contributed by atoms with Crippen LogP contribution < -0.4 is 10.6 Å². The van der Waals surface area contributed by atoms with Gasteiger partial charge in [-0.2, -0.15) is 0 Å². The molecule has 1 fully saturated rings. The minimum atomic E-state index is -0.944. The highest BCUT2D eigenvalue weighted by Crippen LogP contribution is 2.28. The third-order valence-electron chi connectivity index (χ3n) is 5.09. The summed E-state index contributed by atoms with van der Waals surface area (Å²) in [5.41, 5.74) is 1.06. The molecule has 1 aromatic carbocycles. The summed E-state index contributed by atoms with van der Waals surface area (Å²) in [6, 6.07) is 3.74. The van der Waals surface area contributed by atoms with Crippen LogP contribution in [0.5, 0.6) is 0 Å². The minimum Gasteiger partial charge on any atom is -0.481 e. The number of carboxylic acid groups (broad SMARTS) is 1. The van der Waals surface area contributed by atoms with Crippen LogP contribution in [-0.4, -0.2) is 51.6 Å². The molecule has 2 aliphatic rings. The molecule has 2 heterocycles. The zero-order valence-corrected chi connectivity index (χ0v) is 16.1. The van der Waals surface area contributed by atoms with Crippen LogP contribution >= 0.6 is 0 Å². The number of carbonyl (C=O) groups is 6.